The summed E-state index contributed by atoms with van der Waals surface area (Å²) in [5.41, 5.74) is 0. The van der Waals surface area contributed by atoms with Gasteiger partial charge in [0, 0.05) is 20.3 Å². The zero-order chi connectivity index (χ0) is 14.8. The van der Waals surface area contributed by atoms with Crippen LogP contribution in [-0.2, 0) is 9.59 Å². The number of carbonyl (C=O) groups excluding carboxylic acids is 2. The van der Waals surface area contributed by atoms with Crippen LogP contribution in [0.25, 0.3) is 0 Å². The van der Waals surface area contributed by atoms with Crippen molar-refractivity contribution in [2.45, 2.75) is 0 Å². The van der Waals surface area contributed by atoms with Gasteiger partial charge in [-0.25, -0.2) is 0 Å². The molecule has 1 saturated heterocycles. The van der Waals surface area contributed by atoms with Crippen molar-refractivity contribution in [3.05, 3.63) is 0 Å². The Labute approximate surface area is 119 Å². The molecule has 0 aromatic heterocycles. The van der Waals surface area contributed by atoms with Gasteiger partial charge in [-0.3, -0.25) is 24.4 Å². The lowest BCUT2D eigenvalue weighted by Crippen LogP contribution is -2.57. The smallest absolute Gasteiger partial charge is 0.246 e. The molecule has 0 atom stereocenters. The van der Waals surface area contributed by atoms with E-state index >= 15 is 0 Å². The molecule has 1 heterocycles. The standard InChI is InChI=1S/C12H21N4O2S/c1-14-10(17)9(11(18)15(2)12(14)19)8-13-6-7-16(3,4)5/h8-9H,6-7H2,1-5H3/q+1. The Balaban J connectivity index is 2.71. The van der Waals surface area contributed by atoms with Crippen molar-refractivity contribution in [2.24, 2.45) is 10.9 Å². The molecule has 2 amide bonds. The summed E-state index contributed by atoms with van der Waals surface area (Å²) in [6.07, 6.45) is 1.44. The van der Waals surface area contributed by atoms with Gasteiger partial charge in [-0.05, 0) is 12.2 Å². The van der Waals surface area contributed by atoms with Crippen LogP contribution in [0, 0.1) is 5.92 Å². The van der Waals surface area contributed by atoms with Crippen molar-refractivity contribution in [1.29, 1.82) is 0 Å². The molecule has 1 rings (SSSR count). The highest BCUT2D eigenvalue weighted by Gasteiger charge is 2.39. The van der Waals surface area contributed by atoms with Gasteiger partial charge in [0.05, 0.1) is 34.2 Å². The quantitative estimate of drug-likeness (QED) is 0.305. The van der Waals surface area contributed by atoms with E-state index in [-0.39, 0.29) is 16.9 Å². The lowest BCUT2D eigenvalue weighted by molar-refractivity contribution is -0.868. The van der Waals surface area contributed by atoms with Gasteiger partial charge in [-0.2, -0.15) is 0 Å². The minimum absolute atomic E-state index is 0.228. The topological polar surface area (TPSA) is 53.0 Å². The molecule has 0 radical (unpaired) electrons. The minimum atomic E-state index is -0.853. The SMILES string of the molecule is CN1C(=O)C(C=NCC[N+](C)(C)C)C(=O)N(C)C1=S. The summed E-state index contributed by atoms with van der Waals surface area (Å²) >= 11 is 5.01. The normalized spacial score (nSPS) is 18.9. The molecule has 1 aliphatic heterocycles. The maximum absolute atomic E-state index is 12.0. The van der Waals surface area contributed by atoms with E-state index in [2.05, 4.69) is 26.1 Å². The average Bonchev–Trinajstić information content (AvgIpc) is 2.32. The van der Waals surface area contributed by atoms with E-state index in [1.165, 1.54) is 16.0 Å². The van der Waals surface area contributed by atoms with Crippen LogP contribution in [0.2, 0.25) is 0 Å². The average molecular weight is 285 g/mol. The van der Waals surface area contributed by atoms with Crippen LogP contribution in [0.4, 0.5) is 0 Å². The zero-order valence-electron chi connectivity index (χ0n) is 12.1. The monoisotopic (exact) mass is 285 g/mol. The number of carbonyl (C=O) groups is 2. The first-order valence-corrected chi connectivity index (χ1v) is 6.45. The second kappa shape index (κ2) is 5.75. The van der Waals surface area contributed by atoms with Gasteiger partial charge < -0.3 is 4.48 Å². The molecule has 0 saturated carbocycles. The number of likely N-dealkylation sites (N-methyl/N-ethyl adjacent to an activating group) is 1. The number of hydrogen-bond acceptors (Lipinski definition) is 4. The molecule has 0 bridgehead atoms. The first kappa shape index (κ1) is 15.7. The van der Waals surface area contributed by atoms with Gasteiger partial charge in [0.1, 0.15) is 0 Å². The Morgan fingerprint density at radius 3 is 2.11 bits per heavy atom. The summed E-state index contributed by atoms with van der Waals surface area (Å²) in [5.74, 6) is -1.49. The van der Waals surface area contributed by atoms with Gasteiger partial charge in [0.2, 0.25) is 11.8 Å². The van der Waals surface area contributed by atoms with Gasteiger partial charge in [-0.15, -0.1) is 0 Å². The van der Waals surface area contributed by atoms with Crippen LogP contribution in [0.5, 0.6) is 0 Å². The highest BCUT2D eigenvalue weighted by atomic mass is 32.1. The van der Waals surface area contributed by atoms with Crippen molar-refractivity contribution in [1.82, 2.24) is 9.80 Å². The van der Waals surface area contributed by atoms with E-state index in [0.29, 0.717) is 6.54 Å². The maximum atomic E-state index is 12.0. The fourth-order valence-corrected chi connectivity index (χ4v) is 1.78. The number of hydrogen-bond donors (Lipinski definition) is 0. The summed E-state index contributed by atoms with van der Waals surface area (Å²) in [5, 5.41) is 0.228. The highest BCUT2D eigenvalue weighted by Crippen LogP contribution is 2.13. The van der Waals surface area contributed by atoms with Crippen LogP contribution in [0.1, 0.15) is 0 Å². The lowest BCUT2D eigenvalue weighted by atomic mass is 10.1. The molecule has 0 aromatic rings. The van der Waals surface area contributed by atoms with E-state index in [1.54, 1.807) is 14.1 Å². The molecule has 106 valence electrons. The molecule has 1 aliphatic rings. The van der Waals surface area contributed by atoms with Gasteiger partial charge >= 0.3 is 0 Å². The Bertz CT molecular complexity index is 404. The van der Waals surface area contributed by atoms with Gasteiger partial charge in [0.15, 0.2) is 11.0 Å². The maximum Gasteiger partial charge on any atom is 0.246 e. The second-order valence-electron chi connectivity index (χ2n) is 5.62. The van der Waals surface area contributed by atoms with E-state index in [4.69, 9.17) is 12.2 Å². The molecular formula is C12H21N4O2S+. The molecule has 0 aliphatic carbocycles. The second-order valence-corrected chi connectivity index (χ2v) is 5.99. The summed E-state index contributed by atoms with van der Waals surface area (Å²) in [6.45, 7) is 1.42. The molecule has 0 spiro atoms. The summed E-state index contributed by atoms with van der Waals surface area (Å²) < 4.78 is 0.786. The largest absolute Gasteiger partial charge is 0.329 e. The predicted octanol–water partition coefficient (Wildman–Crippen LogP) is -0.405. The number of amides is 2. The van der Waals surface area contributed by atoms with Crippen molar-refractivity contribution >= 4 is 35.4 Å². The van der Waals surface area contributed by atoms with E-state index in [0.717, 1.165) is 11.0 Å². The third-order valence-electron chi connectivity index (χ3n) is 2.92. The first-order chi connectivity index (χ1) is 8.65. The Kier molecular flexibility index (Phi) is 4.75. The highest BCUT2D eigenvalue weighted by molar-refractivity contribution is 7.80. The van der Waals surface area contributed by atoms with Crippen molar-refractivity contribution < 1.29 is 14.1 Å². The molecule has 0 aromatic carbocycles. The van der Waals surface area contributed by atoms with E-state index < -0.39 is 5.92 Å². The molecular weight excluding hydrogens is 264 g/mol. The molecule has 6 nitrogen and oxygen atoms in total. The molecule has 7 heteroatoms. The fraction of sp³-hybridized carbons (Fsp3) is 0.667. The summed E-state index contributed by atoms with van der Waals surface area (Å²) in [4.78, 5) is 30.8. The molecule has 0 unspecified atom stereocenters. The molecule has 1 fully saturated rings. The van der Waals surface area contributed by atoms with Crippen LogP contribution >= 0.6 is 12.2 Å². The van der Waals surface area contributed by atoms with E-state index in [1.807, 2.05) is 0 Å². The minimum Gasteiger partial charge on any atom is -0.329 e. The van der Waals surface area contributed by atoms with Crippen LogP contribution < -0.4 is 0 Å². The van der Waals surface area contributed by atoms with Crippen LogP contribution in [0.3, 0.4) is 0 Å². The fourth-order valence-electron chi connectivity index (χ4n) is 1.60. The summed E-state index contributed by atoms with van der Waals surface area (Å²) in [6, 6.07) is 0. The summed E-state index contributed by atoms with van der Waals surface area (Å²) in [7, 11) is 9.33. The number of thiocarbonyl (C=S) groups is 1. The van der Waals surface area contributed by atoms with Crippen molar-refractivity contribution in [3.8, 4) is 0 Å². The van der Waals surface area contributed by atoms with Crippen LogP contribution in [0.15, 0.2) is 4.99 Å². The number of rotatable bonds is 4. The Morgan fingerprint density at radius 2 is 1.68 bits per heavy atom. The third-order valence-corrected chi connectivity index (χ3v) is 3.47. The van der Waals surface area contributed by atoms with Gasteiger partial charge in [-0.1, -0.05) is 0 Å². The Morgan fingerprint density at radius 1 is 1.21 bits per heavy atom. The number of nitrogens with zero attached hydrogens (tertiary/aromatic N) is 4. The van der Waals surface area contributed by atoms with Crippen molar-refractivity contribution in [3.63, 3.8) is 0 Å². The third kappa shape index (κ3) is 3.81. The van der Waals surface area contributed by atoms with Crippen LogP contribution in [-0.4, -0.2) is 85.8 Å². The Hall–Kier alpha value is -1.34. The first-order valence-electron chi connectivity index (χ1n) is 6.04. The zero-order valence-corrected chi connectivity index (χ0v) is 12.9. The van der Waals surface area contributed by atoms with Crippen molar-refractivity contribution in [2.75, 3.05) is 48.3 Å². The number of quaternary nitrogens is 1. The van der Waals surface area contributed by atoms with E-state index in [9.17, 15) is 9.59 Å². The molecule has 19 heavy (non-hydrogen) atoms. The lowest BCUT2D eigenvalue weighted by Gasteiger charge is -2.33. The van der Waals surface area contributed by atoms with Gasteiger partial charge in [0.25, 0.3) is 0 Å². The number of aliphatic imine (C=N–C) groups is 1. The molecule has 0 N–H and O–H groups in total. The predicted molar refractivity (Wildman–Crippen MR) is 77.9 cm³/mol.